The minimum Gasteiger partial charge on any atom is -0.314 e. The molecule has 96 valence electrons. The van der Waals surface area contributed by atoms with Gasteiger partial charge in [-0.2, -0.15) is 0 Å². The first-order valence-electron chi connectivity index (χ1n) is 5.58. The van der Waals surface area contributed by atoms with Crippen LogP contribution in [0.4, 0.5) is 4.39 Å². The van der Waals surface area contributed by atoms with E-state index < -0.39 is 0 Å². The van der Waals surface area contributed by atoms with Gasteiger partial charge in [0, 0.05) is 32.2 Å². The smallest absolute Gasteiger partial charge is 0.141 e. The van der Waals surface area contributed by atoms with Gasteiger partial charge >= 0.3 is 0 Å². The topological polar surface area (TPSA) is 15.3 Å². The van der Waals surface area contributed by atoms with Crippen LogP contribution in [0.3, 0.4) is 0 Å². The third-order valence-electron chi connectivity index (χ3n) is 3.13. The van der Waals surface area contributed by atoms with E-state index in [1.54, 1.807) is 6.07 Å². The first-order valence-corrected chi connectivity index (χ1v) is 5.96. The number of nitrogens with one attached hydrogen (secondary N) is 1. The molecule has 1 heterocycles. The lowest BCUT2D eigenvalue weighted by Crippen LogP contribution is -2.44. The van der Waals surface area contributed by atoms with Crippen LogP contribution in [-0.2, 0) is 0 Å². The summed E-state index contributed by atoms with van der Waals surface area (Å²) < 4.78 is 13.0. The summed E-state index contributed by atoms with van der Waals surface area (Å²) in [5.74, 6) is -0.349. The Hall–Kier alpha value is -0.350. The van der Waals surface area contributed by atoms with Crippen molar-refractivity contribution in [2.45, 2.75) is 13.0 Å². The molecule has 0 unspecified atom stereocenters. The van der Waals surface area contributed by atoms with Crippen molar-refractivity contribution in [2.75, 3.05) is 26.2 Å². The highest BCUT2D eigenvalue weighted by Gasteiger charge is 2.18. The molecule has 0 aliphatic carbocycles. The maximum atomic E-state index is 13.0. The summed E-state index contributed by atoms with van der Waals surface area (Å²) in [4.78, 5) is 2.38. The highest BCUT2D eigenvalue weighted by atomic mass is 35.5. The van der Waals surface area contributed by atoms with E-state index >= 15 is 0 Å². The van der Waals surface area contributed by atoms with E-state index in [1.807, 2.05) is 6.07 Å². The first-order chi connectivity index (χ1) is 7.68. The largest absolute Gasteiger partial charge is 0.314 e. The molecule has 0 bridgehead atoms. The molecule has 1 saturated heterocycles. The van der Waals surface area contributed by atoms with Crippen molar-refractivity contribution in [3.05, 3.63) is 34.6 Å². The number of hydrogen-bond donors (Lipinski definition) is 1. The monoisotopic (exact) mass is 278 g/mol. The van der Waals surface area contributed by atoms with Crippen molar-refractivity contribution in [1.29, 1.82) is 0 Å². The zero-order valence-corrected chi connectivity index (χ0v) is 11.3. The summed E-state index contributed by atoms with van der Waals surface area (Å²) in [5, 5.41) is 3.52. The fourth-order valence-electron chi connectivity index (χ4n) is 2.05. The van der Waals surface area contributed by atoms with Gasteiger partial charge in [-0.1, -0.05) is 17.7 Å². The van der Waals surface area contributed by atoms with E-state index in [0.717, 1.165) is 31.7 Å². The summed E-state index contributed by atoms with van der Waals surface area (Å²) in [6.07, 6.45) is 0. The molecule has 2 nitrogen and oxygen atoms in total. The molecule has 5 heteroatoms. The summed E-state index contributed by atoms with van der Waals surface area (Å²) in [6.45, 7) is 6.21. The fourth-order valence-corrected chi connectivity index (χ4v) is 2.24. The maximum absolute atomic E-state index is 13.0. The molecule has 1 aromatic rings. The molecule has 0 saturated carbocycles. The summed E-state index contributed by atoms with van der Waals surface area (Å²) >= 11 is 5.79. The molecule has 1 aliphatic rings. The average molecular weight is 279 g/mol. The molecular weight excluding hydrogens is 262 g/mol. The van der Waals surface area contributed by atoms with Gasteiger partial charge in [0.1, 0.15) is 5.82 Å². The number of nitrogens with zero attached hydrogens (tertiary/aromatic N) is 1. The molecule has 1 atom stereocenters. The summed E-state index contributed by atoms with van der Waals surface area (Å²) in [5.41, 5.74) is 1.08. The van der Waals surface area contributed by atoms with Crippen molar-refractivity contribution in [1.82, 2.24) is 10.2 Å². The van der Waals surface area contributed by atoms with Crippen molar-refractivity contribution < 1.29 is 4.39 Å². The zero-order chi connectivity index (χ0) is 11.5. The van der Waals surface area contributed by atoms with Crippen LogP contribution in [0.5, 0.6) is 0 Å². The Morgan fingerprint density at radius 1 is 1.35 bits per heavy atom. The van der Waals surface area contributed by atoms with Gasteiger partial charge in [0.05, 0.1) is 5.02 Å². The van der Waals surface area contributed by atoms with Crippen LogP contribution in [0, 0.1) is 5.82 Å². The van der Waals surface area contributed by atoms with Crippen LogP contribution in [-0.4, -0.2) is 31.1 Å². The predicted molar refractivity (Wildman–Crippen MR) is 71.5 cm³/mol. The Balaban J connectivity index is 0.00000144. The Bertz CT molecular complexity index is 368. The lowest BCUT2D eigenvalue weighted by Gasteiger charge is -2.33. The van der Waals surface area contributed by atoms with Crippen LogP contribution >= 0.6 is 24.0 Å². The van der Waals surface area contributed by atoms with Gasteiger partial charge < -0.3 is 5.32 Å². The van der Waals surface area contributed by atoms with E-state index in [1.165, 1.54) is 6.07 Å². The number of rotatable bonds is 2. The van der Waals surface area contributed by atoms with E-state index in [9.17, 15) is 4.39 Å². The van der Waals surface area contributed by atoms with Crippen LogP contribution in [0.2, 0.25) is 5.02 Å². The van der Waals surface area contributed by atoms with Gasteiger partial charge in [-0.05, 0) is 24.6 Å². The Labute approximate surface area is 113 Å². The van der Waals surface area contributed by atoms with Crippen LogP contribution in [0.15, 0.2) is 18.2 Å². The quantitative estimate of drug-likeness (QED) is 0.895. The molecule has 0 amide bonds. The Kier molecular flexibility index (Phi) is 5.67. The normalized spacial score (nSPS) is 18.5. The van der Waals surface area contributed by atoms with Crippen molar-refractivity contribution in [3.8, 4) is 0 Å². The molecule has 0 spiro atoms. The molecule has 0 aromatic heterocycles. The minimum atomic E-state index is -0.349. The van der Waals surface area contributed by atoms with Crippen LogP contribution in [0.1, 0.15) is 18.5 Å². The SMILES string of the molecule is C[C@@H](c1ccc(F)c(Cl)c1)N1CCNCC1.Cl. The van der Waals surface area contributed by atoms with E-state index in [0.29, 0.717) is 6.04 Å². The molecule has 1 N–H and O–H groups in total. The Morgan fingerprint density at radius 3 is 2.59 bits per heavy atom. The summed E-state index contributed by atoms with van der Waals surface area (Å²) in [6, 6.07) is 5.27. The minimum absolute atomic E-state index is 0. The number of hydrogen-bond acceptors (Lipinski definition) is 2. The standard InChI is InChI=1S/C12H16ClFN2.ClH/c1-9(16-6-4-15-5-7-16)10-2-3-12(14)11(13)8-10;/h2-3,8-9,15H,4-7H2,1H3;1H/t9-;/m0./s1. The Morgan fingerprint density at radius 2 is 2.00 bits per heavy atom. The average Bonchev–Trinajstić information content (AvgIpc) is 2.33. The highest BCUT2D eigenvalue weighted by molar-refractivity contribution is 6.30. The second-order valence-corrected chi connectivity index (χ2v) is 4.54. The predicted octanol–water partition coefficient (Wildman–Crippen LogP) is 2.87. The fraction of sp³-hybridized carbons (Fsp3) is 0.500. The number of piperazine rings is 1. The van der Waals surface area contributed by atoms with Gasteiger partial charge in [-0.25, -0.2) is 4.39 Å². The van der Waals surface area contributed by atoms with E-state index in [-0.39, 0.29) is 23.2 Å². The summed E-state index contributed by atoms with van der Waals surface area (Å²) in [7, 11) is 0. The highest BCUT2D eigenvalue weighted by Crippen LogP contribution is 2.24. The lowest BCUT2D eigenvalue weighted by atomic mass is 10.1. The van der Waals surface area contributed by atoms with Gasteiger partial charge in [0.25, 0.3) is 0 Å². The maximum Gasteiger partial charge on any atom is 0.141 e. The molecule has 17 heavy (non-hydrogen) atoms. The third-order valence-corrected chi connectivity index (χ3v) is 3.42. The van der Waals surface area contributed by atoms with Gasteiger partial charge in [0.2, 0.25) is 0 Å². The number of halogens is 3. The molecule has 1 aromatic carbocycles. The van der Waals surface area contributed by atoms with E-state index in [4.69, 9.17) is 11.6 Å². The van der Waals surface area contributed by atoms with Gasteiger partial charge in [0.15, 0.2) is 0 Å². The number of benzene rings is 1. The lowest BCUT2D eigenvalue weighted by molar-refractivity contribution is 0.185. The molecule has 2 rings (SSSR count). The molecule has 1 aliphatic heterocycles. The second kappa shape index (κ2) is 6.55. The van der Waals surface area contributed by atoms with Gasteiger partial charge in [-0.15, -0.1) is 12.4 Å². The van der Waals surface area contributed by atoms with Crippen molar-refractivity contribution in [2.24, 2.45) is 0 Å². The van der Waals surface area contributed by atoms with Crippen LogP contribution < -0.4 is 5.32 Å². The molecule has 1 fully saturated rings. The van der Waals surface area contributed by atoms with Crippen LogP contribution in [0.25, 0.3) is 0 Å². The first kappa shape index (κ1) is 14.7. The third kappa shape index (κ3) is 3.55. The molecule has 0 radical (unpaired) electrons. The zero-order valence-electron chi connectivity index (χ0n) is 9.75. The van der Waals surface area contributed by atoms with E-state index in [2.05, 4.69) is 17.1 Å². The molecular formula is C12H17Cl2FN2. The van der Waals surface area contributed by atoms with Crippen molar-refractivity contribution >= 4 is 24.0 Å². The second-order valence-electron chi connectivity index (χ2n) is 4.14. The van der Waals surface area contributed by atoms with Gasteiger partial charge in [-0.3, -0.25) is 4.90 Å². The van der Waals surface area contributed by atoms with Crippen molar-refractivity contribution in [3.63, 3.8) is 0 Å².